The lowest BCUT2D eigenvalue weighted by Crippen LogP contribution is -2.18. The lowest BCUT2D eigenvalue weighted by Gasteiger charge is -2.18. The van der Waals surface area contributed by atoms with Crippen LogP contribution in [0.2, 0.25) is 5.02 Å². The lowest BCUT2D eigenvalue weighted by molar-refractivity contribution is 0.895. The summed E-state index contributed by atoms with van der Waals surface area (Å²) in [7, 11) is 2.00. The summed E-state index contributed by atoms with van der Waals surface area (Å²) in [6, 6.07) is 1.93. The molecule has 0 spiro atoms. The second-order valence-corrected chi connectivity index (χ2v) is 5.40. The topological polar surface area (TPSA) is 55.0 Å². The average Bonchev–Trinajstić information content (AvgIpc) is 2.75. The van der Waals surface area contributed by atoms with Gasteiger partial charge in [-0.2, -0.15) is 0 Å². The Balaban J connectivity index is 2.18. The Bertz CT molecular complexity index is 541. The van der Waals surface area contributed by atoms with Crippen molar-refractivity contribution >= 4 is 28.8 Å². The van der Waals surface area contributed by atoms with Crippen LogP contribution in [0.4, 0.5) is 5.82 Å². The molecule has 96 valence electrons. The molecule has 6 heteroatoms. The normalized spacial score (nSPS) is 10.7. The molecule has 0 saturated carbocycles. The minimum Gasteiger partial charge on any atom is -0.354 e. The second kappa shape index (κ2) is 5.65. The van der Waals surface area contributed by atoms with Gasteiger partial charge in [0, 0.05) is 24.7 Å². The molecule has 0 aromatic carbocycles. The van der Waals surface area contributed by atoms with Gasteiger partial charge in [0.15, 0.2) is 0 Å². The van der Waals surface area contributed by atoms with Crippen molar-refractivity contribution < 1.29 is 0 Å². The van der Waals surface area contributed by atoms with Crippen LogP contribution >= 0.6 is 22.9 Å². The zero-order valence-corrected chi connectivity index (χ0v) is 11.9. The summed E-state index contributed by atoms with van der Waals surface area (Å²) in [6.07, 6.45) is 1.65. The van der Waals surface area contributed by atoms with E-state index in [4.69, 9.17) is 17.3 Å². The van der Waals surface area contributed by atoms with Crippen LogP contribution < -0.4 is 10.6 Å². The summed E-state index contributed by atoms with van der Waals surface area (Å²) in [5, 5.41) is 0.614. The third kappa shape index (κ3) is 2.80. The first-order chi connectivity index (χ1) is 8.61. The van der Waals surface area contributed by atoms with Gasteiger partial charge in [0.1, 0.15) is 5.82 Å². The van der Waals surface area contributed by atoms with Crippen LogP contribution in [-0.2, 0) is 13.1 Å². The van der Waals surface area contributed by atoms with Crippen LogP contribution in [0, 0.1) is 6.92 Å². The lowest BCUT2D eigenvalue weighted by atomic mass is 10.2. The molecular weight excluding hydrogens is 268 g/mol. The summed E-state index contributed by atoms with van der Waals surface area (Å²) < 4.78 is 0. The maximum Gasteiger partial charge on any atom is 0.128 e. The fourth-order valence-corrected chi connectivity index (χ4v) is 2.62. The van der Waals surface area contributed by atoms with Gasteiger partial charge in [-0.25, -0.2) is 9.97 Å². The molecule has 2 N–H and O–H groups in total. The predicted octanol–water partition coefficient (Wildman–Crippen LogP) is 2.60. The average molecular weight is 283 g/mol. The van der Waals surface area contributed by atoms with Crippen LogP contribution in [-0.4, -0.2) is 17.0 Å². The predicted molar refractivity (Wildman–Crippen MR) is 76.1 cm³/mol. The summed E-state index contributed by atoms with van der Waals surface area (Å²) in [6.45, 7) is 3.22. The summed E-state index contributed by atoms with van der Waals surface area (Å²) in [4.78, 5) is 11.9. The standard InChI is InChI=1S/C12H15ClN4S/c1-8-11(18-7-16-8)6-17(2)12-3-9(4-14)10(13)5-15-12/h3,5,7H,4,6,14H2,1-2H3. The van der Waals surface area contributed by atoms with E-state index in [9.17, 15) is 0 Å². The molecule has 2 heterocycles. The summed E-state index contributed by atoms with van der Waals surface area (Å²) in [5.41, 5.74) is 9.48. The highest BCUT2D eigenvalue weighted by molar-refractivity contribution is 7.09. The first-order valence-corrected chi connectivity index (χ1v) is 6.82. The zero-order valence-electron chi connectivity index (χ0n) is 10.4. The number of anilines is 1. The van der Waals surface area contributed by atoms with E-state index in [1.807, 2.05) is 25.5 Å². The Morgan fingerprint density at radius 2 is 2.22 bits per heavy atom. The van der Waals surface area contributed by atoms with Crippen LogP contribution in [0.3, 0.4) is 0 Å². The van der Waals surface area contributed by atoms with Crippen molar-refractivity contribution in [3.8, 4) is 0 Å². The van der Waals surface area contributed by atoms with E-state index in [0.29, 0.717) is 11.6 Å². The number of aryl methyl sites for hydroxylation is 1. The number of hydrogen-bond donors (Lipinski definition) is 1. The molecule has 0 aliphatic carbocycles. The van der Waals surface area contributed by atoms with Crippen molar-refractivity contribution in [3.05, 3.63) is 38.9 Å². The summed E-state index contributed by atoms with van der Waals surface area (Å²) >= 11 is 7.65. The monoisotopic (exact) mass is 282 g/mol. The third-order valence-corrected chi connectivity index (χ3v) is 4.02. The number of thiazole rings is 1. The minimum absolute atomic E-state index is 0.418. The fraction of sp³-hybridized carbons (Fsp3) is 0.333. The number of pyridine rings is 1. The molecule has 0 unspecified atom stereocenters. The molecule has 2 aromatic heterocycles. The molecule has 0 aliphatic heterocycles. The van der Waals surface area contributed by atoms with Crippen molar-refractivity contribution in [2.45, 2.75) is 20.0 Å². The maximum absolute atomic E-state index is 6.00. The van der Waals surface area contributed by atoms with Crippen molar-refractivity contribution in [3.63, 3.8) is 0 Å². The van der Waals surface area contributed by atoms with E-state index in [0.717, 1.165) is 23.6 Å². The van der Waals surface area contributed by atoms with Gasteiger partial charge in [-0.05, 0) is 18.6 Å². The molecule has 2 rings (SSSR count). The molecule has 0 bridgehead atoms. The molecule has 0 aliphatic rings. The number of rotatable bonds is 4. The van der Waals surface area contributed by atoms with Gasteiger partial charge in [0.05, 0.1) is 22.8 Å². The quantitative estimate of drug-likeness (QED) is 0.936. The van der Waals surface area contributed by atoms with E-state index >= 15 is 0 Å². The van der Waals surface area contributed by atoms with Crippen LogP contribution in [0.5, 0.6) is 0 Å². The summed E-state index contributed by atoms with van der Waals surface area (Å²) in [5.74, 6) is 0.868. The van der Waals surface area contributed by atoms with E-state index in [2.05, 4.69) is 14.9 Å². The second-order valence-electron chi connectivity index (χ2n) is 4.06. The van der Waals surface area contributed by atoms with Crippen molar-refractivity contribution in [1.29, 1.82) is 0 Å². The number of aromatic nitrogens is 2. The Hall–Kier alpha value is -1.17. The highest BCUT2D eigenvalue weighted by Gasteiger charge is 2.09. The largest absolute Gasteiger partial charge is 0.354 e. The van der Waals surface area contributed by atoms with E-state index < -0.39 is 0 Å². The maximum atomic E-state index is 6.00. The van der Waals surface area contributed by atoms with Gasteiger partial charge in [0.25, 0.3) is 0 Å². The molecule has 0 atom stereocenters. The first kappa shape index (κ1) is 13.3. The fourth-order valence-electron chi connectivity index (χ4n) is 1.61. The van der Waals surface area contributed by atoms with Gasteiger partial charge >= 0.3 is 0 Å². The molecule has 0 radical (unpaired) electrons. The SMILES string of the molecule is Cc1ncsc1CN(C)c1cc(CN)c(Cl)cn1. The molecule has 4 nitrogen and oxygen atoms in total. The number of nitrogens with two attached hydrogens (primary N) is 1. The van der Waals surface area contributed by atoms with E-state index in [-0.39, 0.29) is 0 Å². The van der Waals surface area contributed by atoms with Crippen molar-refractivity contribution in [1.82, 2.24) is 9.97 Å². The highest BCUT2D eigenvalue weighted by atomic mass is 35.5. The van der Waals surface area contributed by atoms with Crippen molar-refractivity contribution in [2.75, 3.05) is 11.9 Å². The highest BCUT2D eigenvalue weighted by Crippen LogP contribution is 2.22. The molecule has 2 aromatic rings. The van der Waals surface area contributed by atoms with Gasteiger partial charge in [-0.15, -0.1) is 11.3 Å². The van der Waals surface area contributed by atoms with Crippen molar-refractivity contribution in [2.24, 2.45) is 5.73 Å². The van der Waals surface area contributed by atoms with E-state index in [1.165, 1.54) is 4.88 Å². The Kier molecular flexibility index (Phi) is 4.16. The van der Waals surface area contributed by atoms with Gasteiger partial charge < -0.3 is 10.6 Å². The number of nitrogens with zero attached hydrogens (tertiary/aromatic N) is 3. The molecule has 0 saturated heterocycles. The van der Waals surface area contributed by atoms with Crippen LogP contribution in [0.25, 0.3) is 0 Å². The molecule has 18 heavy (non-hydrogen) atoms. The van der Waals surface area contributed by atoms with Gasteiger partial charge in [-0.3, -0.25) is 0 Å². The number of hydrogen-bond acceptors (Lipinski definition) is 5. The van der Waals surface area contributed by atoms with Gasteiger partial charge in [-0.1, -0.05) is 11.6 Å². The Morgan fingerprint density at radius 1 is 1.44 bits per heavy atom. The smallest absolute Gasteiger partial charge is 0.128 e. The third-order valence-electron chi connectivity index (χ3n) is 2.76. The van der Waals surface area contributed by atoms with Gasteiger partial charge in [0.2, 0.25) is 0 Å². The van der Waals surface area contributed by atoms with Crippen LogP contribution in [0.15, 0.2) is 17.8 Å². The minimum atomic E-state index is 0.418. The van der Waals surface area contributed by atoms with Crippen LogP contribution in [0.1, 0.15) is 16.1 Å². The first-order valence-electron chi connectivity index (χ1n) is 5.56. The number of halogens is 1. The zero-order chi connectivity index (χ0) is 13.1. The Labute approximate surface area is 115 Å². The van der Waals surface area contributed by atoms with E-state index in [1.54, 1.807) is 17.5 Å². The Morgan fingerprint density at radius 3 is 2.83 bits per heavy atom. The molecule has 0 amide bonds. The molecule has 0 fully saturated rings. The molecular formula is C12H15ClN4S.